The van der Waals surface area contributed by atoms with Gasteiger partial charge in [0.05, 0.1) is 17.7 Å². The number of amides is 1. The minimum atomic E-state index is -4.67. The molecule has 13 heteroatoms. The zero-order valence-electron chi connectivity index (χ0n) is 21.6. The standard InChI is InChI=1S/C27H30F5N3O4S/c28-20-7-6-19(23(11-20)27(30,31)32)15-34-8-1-3-17(14-34)16-39-25-13-24(29)22(12-21(25)18-4-5-18)26(36)33-40(37,38)35-9-2-10-35/h6-7,11-13,17-18H,1-5,8-10,14-16H2,(H,33,36)/t17-/m1/s1. The first-order valence-corrected chi connectivity index (χ1v) is 14.7. The van der Waals surface area contributed by atoms with E-state index in [0.29, 0.717) is 44.2 Å². The molecule has 1 aliphatic carbocycles. The average Bonchev–Trinajstić information content (AvgIpc) is 3.67. The molecular formula is C27H30F5N3O4S. The molecule has 2 aromatic rings. The topological polar surface area (TPSA) is 79.0 Å². The normalized spacial score (nSPS) is 20.7. The van der Waals surface area contributed by atoms with Gasteiger partial charge in [-0.3, -0.25) is 9.69 Å². The van der Waals surface area contributed by atoms with Gasteiger partial charge < -0.3 is 4.74 Å². The van der Waals surface area contributed by atoms with Crippen molar-refractivity contribution in [2.45, 2.75) is 50.7 Å². The van der Waals surface area contributed by atoms with Gasteiger partial charge in [-0.15, -0.1) is 0 Å². The van der Waals surface area contributed by atoms with Crippen LogP contribution in [0, 0.1) is 17.6 Å². The predicted octanol–water partition coefficient (Wildman–Crippen LogP) is 4.83. The number of ether oxygens (including phenoxy) is 1. The summed E-state index contributed by atoms with van der Waals surface area (Å²) in [6, 6.07) is 5.15. The Morgan fingerprint density at radius 2 is 1.77 bits per heavy atom. The number of piperidine rings is 1. The lowest BCUT2D eigenvalue weighted by Crippen LogP contribution is -2.49. The number of hydrogen-bond acceptors (Lipinski definition) is 5. The van der Waals surface area contributed by atoms with Gasteiger partial charge in [-0.25, -0.2) is 13.5 Å². The second-order valence-corrected chi connectivity index (χ2v) is 12.4. The minimum absolute atomic E-state index is 0.00135. The molecular weight excluding hydrogens is 557 g/mol. The zero-order chi connectivity index (χ0) is 28.7. The van der Waals surface area contributed by atoms with Crippen LogP contribution in [0.1, 0.15) is 65.1 Å². The van der Waals surface area contributed by atoms with Crippen molar-refractivity contribution in [1.29, 1.82) is 0 Å². The maximum atomic E-state index is 15.0. The monoisotopic (exact) mass is 587 g/mol. The van der Waals surface area contributed by atoms with Crippen molar-refractivity contribution in [2.24, 2.45) is 5.92 Å². The fraction of sp³-hybridized carbons (Fsp3) is 0.519. The summed E-state index contributed by atoms with van der Waals surface area (Å²) in [5.41, 5.74) is -0.737. The molecule has 0 radical (unpaired) electrons. The first-order chi connectivity index (χ1) is 18.9. The van der Waals surface area contributed by atoms with Crippen LogP contribution < -0.4 is 9.46 Å². The molecule has 2 aromatic carbocycles. The van der Waals surface area contributed by atoms with E-state index < -0.39 is 39.5 Å². The molecule has 0 bridgehead atoms. The lowest BCUT2D eigenvalue weighted by Gasteiger charge is -2.33. The molecule has 2 heterocycles. The lowest BCUT2D eigenvalue weighted by atomic mass is 9.97. The van der Waals surface area contributed by atoms with Crippen LogP contribution in [0.3, 0.4) is 0 Å². The Morgan fingerprint density at radius 1 is 1.02 bits per heavy atom. The van der Waals surface area contributed by atoms with Crippen LogP contribution in [-0.4, -0.2) is 56.3 Å². The molecule has 1 N–H and O–H groups in total. The van der Waals surface area contributed by atoms with Crippen LogP contribution in [0.2, 0.25) is 0 Å². The highest BCUT2D eigenvalue weighted by molar-refractivity contribution is 7.87. The van der Waals surface area contributed by atoms with E-state index in [0.717, 1.165) is 48.2 Å². The summed E-state index contributed by atoms with van der Waals surface area (Å²) in [6.07, 6.45) is -0.827. The summed E-state index contributed by atoms with van der Waals surface area (Å²) in [4.78, 5) is 14.5. The highest BCUT2D eigenvalue weighted by Gasteiger charge is 2.35. The molecule has 2 aliphatic heterocycles. The first kappa shape index (κ1) is 28.7. The number of carbonyl (C=O) groups excluding carboxylic acids is 1. The summed E-state index contributed by atoms with van der Waals surface area (Å²) in [7, 11) is -4.03. The molecule has 3 fully saturated rings. The predicted molar refractivity (Wildman–Crippen MR) is 136 cm³/mol. The summed E-state index contributed by atoms with van der Waals surface area (Å²) in [5, 5.41) is 0. The highest BCUT2D eigenvalue weighted by atomic mass is 32.2. The third kappa shape index (κ3) is 6.58. The van der Waals surface area contributed by atoms with Gasteiger partial charge in [0, 0.05) is 38.2 Å². The highest BCUT2D eigenvalue weighted by Crippen LogP contribution is 2.45. The van der Waals surface area contributed by atoms with Gasteiger partial charge in [-0.05, 0) is 73.9 Å². The Labute approximate surface area is 229 Å². The van der Waals surface area contributed by atoms with E-state index in [1.807, 2.05) is 9.62 Å². The van der Waals surface area contributed by atoms with Gasteiger partial charge >= 0.3 is 16.4 Å². The molecule has 5 rings (SSSR count). The quantitative estimate of drug-likeness (QED) is 0.426. The van der Waals surface area contributed by atoms with Gasteiger partial charge in [0.15, 0.2) is 0 Å². The number of nitrogens with zero attached hydrogens (tertiary/aromatic N) is 2. The Kier molecular flexibility index (Phi) is 8.08. The summed E-state index contributed by atoms with van der Waals surface area (Å²) >= 11 is 0. The van der Waals surface area contributed by atoms with Crippen LogP contribution in [0.25, 0.3) is 0 Å². The molecule has 0 spiro atoms. The Hall–Kier alpha value is -2.77. The smallest absolute Gasteiger partial charge is 0.416 e. The summed E-state index contributed by atoms with van der Waals surface area (Å²) in [5.74, 6) is -2.59. The maximum Gasteiger partial charge on any atom is 0.416 e. The van der Waals surface area contributed by atoms with Crippen LogP contribution >= 0.6 is 0 Å². The van der Waals surface area contributed by atoms with Crippen molar-refractivity contribution in [2.75, 3.05) is 32.8 Å². The van der Waals surface area contributed by atoms with Gasteiger partial charge in [0.2, 0.25) is 0 Å². The molecule has 2 saturated heterocycles. The molecule has 3 aliphatic rings. The van der Waals surface area contributed by atoms with Crippen LogP contribution in [0.15, 0.2) is 30.3 Å². The van der Waals surface area contributed by atoms with Crippen LogP contribution in [-0.2, 0) is 22.9 Å². The maximum absolute atomic E-state index is 15.0. The van der Waals surface area contributed by atoms with E-state index in [1.165, 1.54) is 6.07 Å². The molecule has 1 saturated carbocycles. The minimum Gasteiger partial charge on any atom is -0.493 e. The fourth-order valence-electron chi connectivity index (χ4n) is 5.18. The van der Waals surface area contributed by atoms with E-state index in [9.17, 15) is 35.2 Å². The number of likely N-dealkylation sites (tertiary alicyclic amines) is 1. The third-order valence-electron chi connectivity index (χ3n) is 7.59. The number of rotatable bonds is 9. The molecule has 7 nitrogen and oxygen atoms in total. The van der Waals surface area contributed by atoms with Crippen LogP contribution in [0.5, 0.6) is 5.75 Å². The summed E-state index contributed by atoms with van der Waals surface area (Å²) < 4.78 is 102. The van der Waals surface area contributed by atoms with E-state index in [-0.39, 0.29) is 41.9 Å². The van der Waals surface area contributed by atoms with Gasteiger partial charge in [-0.1, -0.05) is 6.07 Å². The van der Waals surface area contributed by atoms with Crippen molar-refractivity contribution < 1.29 is 39.9 Å². The van der Waals surface area contributed by atoms with Crippen molar-refractivity contribution in [3.8, 4) is 5.75 Å². The van der Waals surface area contributed by atoms with Gasteiger partial charge in [0.25, 0.3) is 5.91 Å². The van der Waals surface area contributed by atoms with E-state index in [1.54, 1.807) is 0 Å². The fourth-order valence-corrected chi connectivity index (χ4v) is 6.39. The Morgan fingerprint density at radius 3 is 2.42 bits per heavy atom. The number of hydrogen-bond donors (Lipinski definition) is 1. The van der Waals surface area contributed by atoms with E-state index in [2.05, 4.69) is 0 Å². The summed E-state index contributed by atoms with van der Waals surface area (Å²) in [6.45, 7) is 1.84. The molecule has 1 amide bonds. The zero-order valence-corrected chi connectivity index (χ0v) is 22.5. The first-order valence-electron chi connectivity index (χ1n) is 13.3. The molecule has 1 atom stereocenters. The number of nitrogens with one attached hydrogen (secondary N) is 1. The second-order valence-electron chi connectivity index (χ2n) is 10.7. The number of alkyl halides is 3. The Balaban J connectivity index is 1.25. The second kappa shape index (κ2) is 11.2. The lowest BCUT2D eigenvalue weighted by molar-refractivity contribution is -0.138. The van der Waals surface area contributed by atoms with Crippen molar-refractivity contribution >= 4 is 16.1 Å². The van der Waals surface area contributed by atoms with E-state index in [4.69, 9.17) is 4.74 Å². The molecule has 218 valence electrons. The third-order valence-corrected chi connectivity index (χ3v) is 9.08. The van der Waals surface area contributed by atoms with Gasteiger partial charge in [0.1, 0.15) is 17.4 Å². The van der Waals surface area contributed by atoms with Crippen molar-refractivity contribution in [1.82, 2.24) is 13.9 Å². The SMILES string of the molecule is O=C(NS(=O)(=O)N1CCC1)c1cc(C2CC2)c(OC[C@@H]2CCCN(Cc3ccc(F)cc3C(F)(F)F)C2)cc1F. The average molecular weight is 588 g/mol. The largest absolute Gasteiger partial charge is 0.493 e. The number of halogens is 5. The number of benzene rings is 2. The molecule has 0 aromatic heterocycles. The number of carbonyl (C=O) groups is 1. The van der Waals surface area contributed by atoms with Crippen molar-refractivity contribution in [3.05, 3.63) is 64.2 Å². The van der Waals surface area contributed by atoms with Crippen molar-refractivity contribution in [3.63, 3.8) is 0 Å². The molecule has 40 heavy (non-hydrogen) atoms. The van der Waals surface area contributed by atoms with Crippen LogP contribution in [0.4, 0.5) is 22.0 Å². The van der Waals surface area contributed by atoms with Gasteiger partial charge in [-0.2, -0.15) is 25.9 Å². The van der Waals surface area contributed by atoms with E-state index >= 15 is 0 Å². The molecule has 0 unspecified atom stereocenters. The Bertz CT molecular complexity index is 1380.